The van der Waals surface area contributed by atoms with Crippen molar-refractivity contribution in [2.24, 2.45) is 5.92 Å². The SMILES string of the molecule is Cc1cc(C)n(-c2cncc(NCC(=O)N3CCC(Cc4ccccc4)CC3)n2)n1. The molecular formula is C23H28N6O. The Balaban J connectivity index is 1.28. The van der Waals surface area contributed by atoms with Crippen molar-refractivity contribution in [3.63, 3.8) is 0 Å². The number of hydrogen-bond acceptors (Lipinski definition) is 5. The summed E-state index contributed by atoms with van der Waals surface area (Å²) in [7, 11) is 0. The summed E-state index contributed by atoms with van der Waals surface area (Å²) in [5.41, 5.74) is 3.30. The molecule has 0 atom stereocenters. The largest absolute Gasteiger partial charge is 0.360 e. The molecule has 1 amide bonds. The van der Waals surface area contributed by atoms with Gasteiger partial charge in [-0.25, -0.2) is 9.67 Å². The molecular weight excluding hydrogens is 376 g/mol. The van der Waals surface area contributed by atoms with E-state index >= 15 is 0 Å². The number of rotatable bonds is 6. The second-order valence-electron chi connectivity index (χ2n) is 7.97. The number of aromatic nitrogens is 4. The van der Waals surface area contributed by atoms with Gasteiger partial charge >= 0.3 is 0 Å². The van der Waals surface area contributed by atoms with E-state index in [1.165, 1.54) is 5.56 Å². The molecule has 1 aliphatic rings. The number of piperidine rings is 1. The third-order valence-corrected chi connectivity index (χ3v) is 5.60. The lowest BCUT2D eigenvalue weighted by Crippen LogP contribution is -2.41. The van der Waals surface area contributed by atoms with Gasteiger partial charge in [0, 0.05) is 18.8 Å². The molecule has 30 heavy (non-hydrogen) atoms. The normalized spacial score (nSPS) is 14.7. The number of likely N-dealkylation sites (tertiary alicyclic amines) is 1. The van der Waals surface area contributed by atoms with Crippen molar-refractivity contribution in [2.75, 3.05) is 25.0 Å². The quantitative estimate of drug-likeness (QED) is 0.683. The van der Waals surface area contributed by atoms with E-state index in [1.807, 2.05) is 24.8 Å². The summed E-state index contributed by atoms with van der Waals surface area (Å²) in [6.45, 7) is 5.77. The molecule has 0 aliphatic carbocycles. The van der Waals surface area contributed by atoms with Gasteiger partial charge in [0.2, 0.25) is 5.91 Å². The molecule has 7 heteroatoms. The maximum atomic E-state index is 12.6. The summed E-state index contributed by atoms with van der Waals surface area (Å²) in [6, 6.07) is 12.6. The topological polar surface area (TPSA) is 75.9 Å². The van der Waals surface area contributed by atoms with Crippen LogP contribution in [0.25, 0.3) is 5.82 Å². The first-order chi connectivity index (χ1) is 14.6. The Labute approximate surface area is 177 Å². The van der Waals surface area contributed by atoms with Crippen LogP contribution in [0.4, 0.5) is 5.82 Å². The number of nitrogens with one attached hydrogen (secondary N) is 1. The Morgan fingerprint density at radius 2 is 1.90 bits per heavy atom. The van der Waals surface area contributed by atoms with E-state index in [2.05, 4.69) is 50.7 Å². The molecule has 156 valence electrons. The minimum absolute atomic E-state index is 0.103. The highest BCUT2D eigenvalue weighted by Crippen LogP contribution is 2.21. The van der Waals surface area contributed by atoms with Gasteiger partial charge in [0.15, 0.2) is 5.82 Å². The predicted molar refractivity (Wildman–Crippen MR) is 117 cm³/mol. The Morgan fingerprint density at radius 1 is 1.13 bits per heavy atom. The van der Waals surface area contributed by atoms with Gasteiger partial charge in [-0.2, -0.15) is 5.10 Å². The summed E-state index contributed by atoms with van der Waals surface area (Å²) >= 11 is 0. The molecule has 1 saturated heterocycles. The van der Waals surface area contributed by atoms with Crippen LogP contribution in [0.5, 0.6) is 0 Å². The van der Waals surface area contributed by atoms with Crippen LogP contribution >= 0.6 is 0 Å². The van der Waals surface area contributed by atoms with Crippen LogP contribution in [0.3, 0.4) is 0 Å². The van der Waals surface area contributed by atoms with Gasteiger partial charge in [-0.15, -0.1) is 0 Å². The smallest absolute Gasteiger partial charge is 0.241 e. The van der Waals surface area contributed by atoms with Crippen molar-refractivity contribution in [1.82, 2.24) is 24.6 Å². The lowest BCUT2D eigenvalue weighted by molar-refractivity contribution is -0.130. The highest BCUT2D eigenvalue weighted by molar-refractivity contribution is 5.80. The summed E-state index contributed by atoms with van der Waals surface area (Å²) < 4.78 is 1.76. The first kappa shape index (κ1) is 20.1. The van der Waals surface area contributed by atoms with E-state index in [9.17, 15) is 4.79 Å². The third kappa shape index (κ3) is 4.84. The fourth-order valence-corrected chi connectivity index (χ4v) is 4.02. The molecule has 7 nitrogen and oxygen atoms in total. The Hall–Kier alpha value is -3.22. The molecule has 1 fully saturated rings. The molecule has 1 aromatic carbocycles. The van der Waals surface area contributed by atoms with Crippen LogP contribution in [0, 0.1) is 19.8 Å². The number of carbonyl (C=O) groups excluding carboxylic acids is 1. The third-order valence-electron chi connectivity index (χ3n) is 5.60. The van der Waals surface area contributed by atoms with E-state index in [4.69, 9.17) is 0 Å². The van der Waals surface area contributed by atoms with Gasteiger partial charge in [-0.05, 0) is 50.7 Å². The van der Waals surface area contributed by atoms with Crippen LogP contribution in [0.1, 0.15) is 29.8 Å². The van der Waals surface area contributed by atoms with Gasteiger partial charge < -0.3 is 10.2 Å². The van der Waals surface area contributed by atoms with E-state index in [0.29, 0.717) is 17.6 Å². The van der Waals surface area contributed by atoms with Crippen LogP contribution in [0.2, 0.25) is 0 Å². The standard InChI is InChI=1S/C23H28N6O/c1-17-12-18(2)29(27-17)22-15-24-14-21(26-22)25-16-23(30)28-10-8-20(9-11-28)13-19-6-4-3-5-7-19/h3-7,12,14-15,20H,8-11,13,16H2,1-2H3,(H,25,26). The fourth-order valence-electron chi connectivity index (χ4n) is 4.02. The molecule has 1 aliphatic heterocycles. The van der Waals surface area contributed by atoms with Crippen molar-refractivity contribution < 1.29 is 4.79 Å². The second-order valence-corrected chi connectivity index (χ2v) is 7.97. The van der Waals surface area contributed by atoms with E-state index in [1.54, 1.807) is 17.1 Å². The van der Waals surface area contributed by atoms with Crippen LogP contribution in [-0.4, -0.2) is 50.2 Å². The molecule has 3 heterocycles. The zero-order chi connectivity index (χ0) is 20.9. The maximum absolute atomic E-state index is 12.6. The molecule has 0 unspecified atom stereocenters. The second kappa shape index (κ2) is 9.07. The molecule has 1 N–H and O–H groups in total. The molecule has 3 aromatic rings. The predicted octanol–water partition coefficient (Wildman–Crippen LogP) is 3.17. The van der Waals surface area contributed by atoms with Crippen molar-refractivity contribution in [3.8, 4) is 5.82 Å². The number of carbonyl (C=O) groups is 1. The van der Waals surface area contributed by atoms with Crippen LogP contribution < -0.4 is 5.32 Å². The average Bonchev–Trinajstić information content (AvgIpc) is 3.11. The Bertz CT molecular complexity index is 992. The molecule has 4 rings (SSSR count). The first-order valence-corrected chi connectivity index (χ1v) is 10.5. The lowest BCUT2D eigenvalue weighted by atomic mass is 9.90. The number of hydrogen-bond donors (Lipinski definition) is 1. The summed E-state index contributed by atoms with van der Waals surface area (Å²) in [4.78, 5) is 23.4. The molecule has 0 bridgehead atoms. The zero-order valence-electron chi connectivity index (χ0n) is 17.6. The highest BCUT2D eigenvalue weighted by atomic mass is 16.2. The Morgan fingerprint density at radius 3 is 2.60 bits per heavy atom. The van der Waals surface area contributed by atoms with Crippen molar-refractivity contribution in [3.05, 3.63) is 65.7 Å². The van der Waals surface area contributed by atoms with Gasteiger partial charge in [-0.3, -0.25) is 9.78 Å². The number of aryl methyl sites for hydroxylation is 2. The minimum Gasteiger partial charge on any atom is -0.360 e. The molecule has 2 aromatic heterocycles. The van der Waals surface area contributed by atoms with Gasteiger partial charge in [0.05, 0.1) is 24.6 Å². The summed E-state index contributed by atoms with van der Waals surface area (Å²) in [5.74, 6) is 1.96. The highest BCUT2D eigenvalue weighted by Gasteiger charge is 2.22. The van der Waals surface area contributed by atoms with E-state index in [-0.39, 0.29) is 12.5 Å². The zero-order valence-corrected chi connectivity index (χ0v) is 17.6. The number of amides is 1. The van der Waals surface area contributed by atoms with Gasteiger partial charge in [0.1, 0.15) is 5.82 Å². The Kier molecular flexibility index (Phi) is 6.07. The summed E-state index contributed by atoms with van der Waals surface area (Å²) in [5, 5.41) is 7.56. The number of anilines is 1. The molecule has 0 radical (unpaired) electrons. The average molecular weight is 405 g/mol. The van der Waals surface area contributed by atoms with Gasteiger partial charge in [0.25, 0.3) is 0 Å². The van der Waals surface area contributed by atoms with Crippen molar-refractivity contribution >= 4 is 11.7 Å². The lowest BCUT2D eigenvalue weighted by Gasteiger charge is -2.32. The fraction of sp³-hybridized carbons (Fsp3) is 0.391. The van der Waals surface area contributed by atoms with E-state index < -0.39 is 0 Å². The van der Waals surface area contributed by atoms with Crippen molar-refractivity contribution in [2.45, 2.75) is 33.1 Å². The van der Waals surface area contributed by atoms with Crippen LogP contribution in [-0.2, 0) is 11.2 Å². The first-order valence-electron chi connectivity index (χ1n) is 10.5. The van der Waals surface area contributed by atoms with Crippen LogP contribution in [0.15, 0.2) is 48.8 Å². The maximum Gasteiger partial charge on any atom is 0.241 e. The number of nitrogens with zero attached hydrogens (tertiary/aromatic N) is 5. The van der Waals surface area contributed by atoms with Gasteiger partial charge in [-0.1, -0.05) is 30.3 Å². The summed E-state index contributed by atoms with van der Waals surface area (Å²) in [6.07, 6.45) is 6.50. The van der Waals surface area contributed by atoms with Crippen molar-refractivity contribution in [1.29, 1.82) is 0 Å². The molecule has 0 saturated carbocycles. The minimum atomic E-state index is 0.103. The molecule has 0 spiro atoms. The van der Waals surface area contributed by atoms with E-state index in [0.717, 1.165) is 43.7 Å². The number of benzene rings is 1. The monoisotopic (exact) mass is 404 g/mol.